The molecule has 2 aromatic heterocycles. The van der Waals surface area contributed by atoms with Gasteiger partial charge in [-0.15, -0.1) is 0 Å². The number of hydrogen-bond donors (Lipinski definition) is 0. The summed E-state index contributed by atoms with van der Waals surface area (Å²) in [5.74, 6) is 1.17. The summed E-state index contributed by atoms with van der Waals surface area (Å²) >= 11 is 9.31. The minimum atomic E-state index is 0.336. The van der Waals surface area contributed by atoms with Gasteiger partial charge in [0.25, 0.3) is 0 Å². The lowest BCUT2D eigenvalue weighted by molar-refractivity contribution is 0.128. The lowest BCUT2D eigenvalue weighted by Gasteiger charge is -2.03. The van der Waals surface area contributed by atoms with Gasteiger partial charge >= 0.3 is 0 Å². The first-order chi connectivity index (χ1) is 8.20. The zero-order valence-corrected chi connectivity index (χ0v) is 11.5. The molecule has 0 aromatic carbocycles. The Morgan fingerprint density at radius 2 is 2.29 bits per heavy atom. The Morgan fingerprint density at radius 3 is 2.94 bits per heavy atom. The molecule has 6 heteroatoms. The van der Waals surface area contributed by atoms with E-state index in [9.17, 15) is 0 Å². The van der Waals surface area contributed by atoms with Crippen LogP contribution in [0.2, 0.25) is 5.15 Å². The first-order valence-corrected chi connectivity index (χ1v) is 6.22. The summed E-state index contributed by atoms with van der Waals surface area (Å²) < 4.78 is 11.4. The summed E-state index contributed by atoms with van der Waals surface area (Å²) in [7, 11) is 0. The first-order valence-electron chi connectivity index (χ1n) is 5.05. The zero-order valence-electron chi connectivity index (χ0n) is 9.11. The summed E-state index contributed by atoms with van der Waals surface area (Å²) in [6.45, 7) is 2.85. The van der Waals surface area contributed by atoms with E-state index in [2.05, 4.69) is 25.9 Å². The highest BCUT2D eigenvalue weighted by Gasteiger charge is 2.11. The van der Waals surface area contributed by atoms with E-state index in [4.69, 9.17) is 20.8 Å². The van der Waals surface area contributed by atoms with Crippen LogP contribution in [-0.4, -0.2) is 16.6 Å². The number of ether oxygens (including phenoxy) is 1. The molecule has 2 heterocycles. The van der Waals surface area contributed by atoms with Crippen LogP contribution >= 0.6 is 27.5 Å². The molecule has 0 radical (unpaired) electrons. The second kappa shape index (κ2) is 5.62. The van der Waals surface area contributed by atoms with Crippen LogP contribution in [0.5, 0.6) is 0 Å². The molecule has 2 rings (SSSR count). The van der Waals surface area contributed by atoms with Gasteiger partial charge in [-0.1, -0.05) is 11.6 Å². The van der Waals surface area contributed by atoms with Crippen molar-refractivity contribution in [2.24, 2.45) is 0 Å². The fourth-order valence-corrected chi connectivity index (χ4v) is 1.92. The van der Waals surface area contributed by atoms with Gasteiger partial charge in [-0.3, -0.25) is 0 Å². The predicted octanol–water partition coefficient (Wildman–Crippen LogP) is 3.69. The van der Waals surface area contributed by atoms with Crippen LogP contribution in [0.25, 0.3) is 11.5 Å². The molecular weight excluding hydrogens is 307 g/mol. The summed E-state index contributed by atoms with van der Waals surface area (Å²) in [4.78, 5) is 8.41. The van der Waals surface area contributed by atoms with E-state index in [0.717, 1.165) is 4.47 Å². The van der Waals surface area contributed by atoms with Crippen molar-refractivity contribution in [3.05, 3.63) is 33.8 Å². The maximum absolute atomic E-state index is 5.93. The maximum atomic E-state index is 5.93. The molecule has 4 nitrogen and oxygen atoms in total. The van der Waals surface area contributed by atoms with Crippen molar-refractivity contribution >= 4 is 27.5 Å². The standard InChI is InChI=1S/C11H10BrClN2O2/c1-2-16-6-10-14-8(5-9(13)15-10)11-7(12)3-4-17-11/h3-5H,2,6H2,1H3. The Balaban J connectivity index is 2.35. The average molecular weight is 318 g/mol. The van der Waals surface area contributed by atoms with Gasteiger partial charge in [0, 0.05) is 12.7 Å². The van der Waals surface area contributed by atoms with Crippen molar-refractivity contribution in [2.45, 2.75) is 13.5 Å². The molecule has 0 fully saturated rings. The van der Waals surface area contributed by atoms with Crippen LogP contribution in [0.1, 0.15) is 12.7 Å². The average Bonchev–Trinajstić information content (AvgIpc) is 2.72. The number of halogens is 2. The van der Waals surface area contributed by atoms with Crippen LogP contribution in [0, 0.1) is 0 Å². The SMILES string of the molecule is CCOCc1nc(Cl)cc(-c2occc2Br)n1. The smallest absolute Gasteiger partial charge is 0.166 e. The van der Waals surface area contributed by atoms with Gasteiger partial charge in [-0.25, -0.2) is 9.97 Å². The van der Waals surface area contributed by atoms with Gasteiger partial charge in [0.2, 0.25) is 0 Å². The molecule has 0 aliphatic carbocycles. The molecule has 0 spiro atoms. The monoisotopic (exact) mass is 316 g/mol. The molecule has 0 saturated heterocycles. The fraction of sp³-hybridized carbons (Fsp3) is 0.273. The van der Waals surface area contributed by atoms with Gasteiger partial charge in [0.15, 0.2) is 11.6 Å². The van der Waals surface area contributed by atoms with Gasteiger partial charge in [0.1, 0.15) is 17.5 Å². The number of hydrogen-bond acceptors (Lipinski definition) is 4. The van der Waals surface area contributed by atoms with E-state index in [1.54, 1.807) is 18.4 Å². The molecule has 0 atom stereocenters. The van der Waals surface area contributed by atoms with Gasteiger partial charge in [-0.05, 0) is 28.9 Å². The number of aromatic nitrogens is 2. The first kappa shape index (κ1) is 12.5. The van der Waals surface area contributed by atoms with E-state index in [1.807, 2.05) is 6.92 Å². The highest BCUT2D eigenvalue weighted by atomic mass is 79.9. The van der Waals surface area contributed by atoms with Crippen molar-refractivity contribution in [3.63, 3.8) is 0 Å². The third-order valence-electron chi connectivity index (χ3n) is 2.03. The largest absolute Gasteiger partial charge is 0.461 e. The Hall–Kier alpha value is -0.910. The Labute approximate surface area is 112 Å². The fourth-order valence-electron chi connectivity index (χ4n) is 1.32. The molecule has 0 aliphatic rings. The van der Waals surface area contributed by atoms with Crippen molar-refractivity contribution in [3.8, 4) is 11.5 Å². The van der Waals surface area contributed by atoms with Gasteiger partial charge in [0.05, 0.1) is 10.7 Å². The highest BCUT2D eigenvalue weighted by molar-refractivity contribution is 9.10. The number of furan rings is 1. The molecule has 0 bridgehead atoms. The molecule has 0 saturated carbocycles. The summed E-state index contributed by atoms with van der Waals surface area (Å²) in [6, 6.07) is 3.45. The highest BCUT2D eigenvalue weighted by Crippen LogP contribution is 2.28. The Kier molecular flexibility index (Phi) is 4.15. The third-order valence-corrected chi connectivity index (χ3v) is 2.84. The van der Waals surface area contributed by atoms with E-state index >= 15 is 0 Å². The minimum Gasteiger partial charge on any atom is -0.461 e. The van der Waals surface area contributed by atoms with E-state index in [0.29, 0.717) is 35.6 Å². The van der Waals surface area contributed by atoms with Gasteiger partial charge in [-0.2, -0.15) is 0 Å². The molecular formula is C11H10BrClN2O2. The summed E-state index contributed by atoms with van der Waals surface area (Å²) in [5.41, 5.74) is 0.636. The van der Waals surface area contributed by atoms with Crippen LogP contribution in [0.15, 0.2) is 27.3 Å². The van der Waals surface area contributed by atoms with Crippen molar-refractivity contribution in [1.82, 2.24) is 9.97 Å². The van der Waals surface area contributed by atoms with Crippen LogP contribution in [0.3, 0.4) is 0 Å². The van der Waals surface area contributed by atoms with E-state index < -0.39 is 0 Å². The molecule has 0 N–H and O–H groups in total. The van der Waals surface area contributed by atoms with Crippen molar-refractivity contribution in [2.75, 3.05) is 6.61 Å². The number of nitrogens with zero attached hydrogens (tertiary/aromatic N) is 2. The quantitative estimate of drug-likeness (QED) is 0.807. The van der Waals surface area contributed by atoms with E-state index in [-0.39, 0.29) is 0 Å². The molecule has 0 unspecified atom stereocenters. The number of rotatable bonds is 4. The summed E-state index contributed by atoms with van der Waals surface area (Å²) in [5, 5.41) is 0.369. The third kappa shape index (κ3) is 3.06. The topological polar surface area (TPSA) is 48.2 Å². The predicted molar refractivity (Wildman–Crippen MR) is 67.8 cm³/mol. The normalized spacial score (nSPS) is 10.8. The lowest BCUT2D eigenvalue weighted by atomic mass is 10.3. The molecule has 0 aliphatic heterocycles. The van der Waals surface area contributed by atoms with Gasteiger partial charge < -0.3 is 9.15 Å². The Bertz CT molecular complexity index is 516. The molecule has 90 valence electrons. The second-order valence-corrected chi connectivity index (χ2v) is 4.47. The second-order valence-electron chi connectivity index (χ2n) is 3.23. The maximum Gasteiger partial charge on any atom is 0.166 e. The van der Waals surface area contributed by atoms with Crippen LogP contribution in [-0.2, 0) is 11.3 Å². The molecule has 0 amide bonds. The van der Waals surface area contributed by atoms with Crippen molar-refractivity contribution in [1.29, 1.82) is 0 Å². The Morgan fingerprint density at radius 1 is 1.47 bits per heavy atom. The molecule has 17 heavy (non-hydrogen) atoms. The van der Waals surface area contributed by atoms with E-state index in [1.165, 1.54) is 0 Å². The molecule has 2 aromatic rings. The van der Waals surface area contributed by atoms with Crippen LogP contribution < -0.4 is 0 Å². The minimum absolute atomic E-state index is 0.336. The summed E-state index contributed by atoms with van der Waals surface area (Å²) in [6.07, 6.45) is 1.58. The van der Waals surface area contributed by atoms with Crippen molar-refractivity contribution < 1.29 is 9.15 Å². The zero-order chi connectivity index (χ0) is 12.3. The van der Waals surface area contributed by atoms with Crippen LogP contribution in [0.4, 0.5) is 0 Å². The lowest BCUT2D eigenvalue weighted by Crippen LogP contribution is -2.00.